The second-order valence-corrected chi connectivity index (χ2v) is 20.0. The third-order valence-electron chi connectivity index (χ3n) is 11.7. The standard InChI is InChI=1S/C47H60N10O6S2/c1-29(2)63-46(62)54(7)35-20-34(24-48-25-35)33-12-13-37-39(21-33)65-45(52-37)49-14-15-55-16-18-56(19-17-55)27-40(59)53-42(47(4,5)6)44(61)57-26-36(58)22-38(57)43(60)50-23-31-8-10-32(11-9-31)41-30(3)51-28-64-41/h8-13,20-21,24-25,28-29,36,38,42,58H,14-19,22-23,26-27H2,1-7H3,(H,49,52)(H,50,60)(H,53,59)/t36-,38+,42-/m1/s1. The number of piperazine rings is 1. The summed E-state index contributed by atoms with van der Waals surface area (Å²) >= 11 is 3.16. The Hall–Kier alpha value is -5.53. The first-order valence-electron chi connectivity index (χ1n) is 22.1. The van der Waals surface area contributed by atoms with Crippen LogP contribution in [-0.2, 0) is 25.7 Å². The quantitative estimate of drug-likeness (QED) is 0.102. The van der Waals surface area contributed by atoms with Crippen molar-refractivity contribution in [2.45, 2.75) is 78.8 Å². The van der Waals surface area contributed by atoms with Gasteiger partial charge in [-0.2, -0.15) is 0 Å². The first-order chi connectivity index (χ1) is 31.0. The van der Waals surface area contributed by atoms with Gasteiger partial charge in [0.2, 0.25) is 17.7 Å². The lowest BCUT2D eigenvalue weighted by molar-refractivity contribution is -0.144. The molecular weight excluding hydrogens is 865 g/mol. The number of aliphatic hydroxyl groups excluding tert-OH is 1. The van der Waals surface area contributed by atoms with Crippen molar-refractivity contribution in [1.82, 2.24) is 40.3 Å². The molecule has 4 N–H and O–H groups in total. The summed E-state index contributed by atoms with van der Waals surface area (Å²) in [6.07, 6.45) is 2.03. The summed E-state index contributed by atoms with van der Waals surface area (Å²) in [5.41, 5.74) is 7.50. The number of nitrogens with one attached hydrogen (secondary N) is 3. The number of carbonyl (C=O) groups is 4. The minimum atomic E-state index is -0.892. The van der Waals surface area contributed by atoms with Crippen molar-refractivity contribution in [2.24, 2.45) is 5.41 Å². The van der Waals surface area contributed by atoms with Crippen molar-refractivity contribution in [2.75, 3.05) is 69.6 Å². The SMILES string of the molecule is Cc1ncsc1-c1ccc(CNC(=O)[C@@H]2C[C@@H](O)CN2C(=O)[C@@H](NC(=O)CN2CCN(CCNc3nc4ccc(-c5cncc(N(C)C(=O)OC(C)C)c5)cc4s3)CC2)C(C)(C)C)cc1. The van der Waals surface area contributed by atoms with Gasteiger partial charge in [0.15, 0.2) is 5.13 Å². The van der Waals surface area contributed by atoms with E-state index in [9.17, 15) is 24.3 Å². The summed E-state index contributed by atoms with van der Waals surface area (Å²) in [6.45, 7) is 16.2. The van der Waals surface area contributed by atoms with Crippen LogP contribution in [0.4, 0.5) is 15.6 Å². The molecule has 4 amide bonds. The molecule has 2 fully saturated rings. The Morgan fingerprint density at radius 1 is 0.969 bits per heavy atom. The van der Waals surface area contributed by atoms with Crippen LogP contribution in [0.15, 0.2) is 66.4 Å². The topological polar surface area (TPSA) is 185 Å². The van der Waals surface area contributed by atoms with Gasteiger partial charge in [0.05, 0.1) is 56.9 Å². The van der Waals surface area contributed by atoms with E-state index in [1.807, 2.05) is 89.5 Å². The number of nitrogens with zero attached hydrogens (tertiary/aromatic N) is 7. The fourth-order valence-corrected chi connectivity index (χ4v) is 9.76. The summed E-state index contributed by atoms with van der Waals surface area (Å²) < 4.78 is 6.37. The number of benzene rings is 2. The number of aromatic nitrogens is 3. The Bertz CT molecular complexity index is 2460. The highest BCUT2D eigenvalue weighted by Crippen LogP contribution is 2.32. The number of likely N-dealkylation sites (tertiary alicyclic amines) is 1. The van der Waals surface area contributed by atoms with Crippen LogP contribution in [-0.4, -0.2) is 142 Å². The average molecular weight is 925 g/mol. The van der Waals surface area contributed by atoms with Crippen molar-refractivity contribution >= 4 is 67.5 Å². The lowest BCUT2D eigenvalue weighted by atomic mass is 9.85. The van der Waals surface area contributed by atoms with Gasteiger partial charge in [-0.3, -0.25) is 34.1 Å². The lowest BCUT2D eigenvalue weighted by Gasteiger charge is -2.37. The van der Waals surface area contributed by atoms with Crippen LogP contribution in [0.3, 0.4) is 0 Å². The van der Waals surface area contributed by atoms with Gasteiger partial charge in [0.25, 0.3) is 0 Å². The molecule has 0 radical (unpaired) electrons. The molecule has 2 aliphatic heterocycles. The van der Waals surface area contributed by atoms with Crippen LogP contribution in [0.5, 0.6) is 0 Å². The van der Waals surface area contributed by atoms with E-state index in [1.54, 1.807) is 42.1 Å². The van der Waals surface area contributed by atoms with E-state index in [0.29, 0.717) is 25.3 Å². The number of β-amino-alcohol motifs (C(OH)–C–C–N with tert-alkyl or cyclic N) is 1. The van der Waals surface area contributed by atoms with Gasteiger partial charge in [-0.05, 0) is 61.1 Å². The average Bonchev–Trinajstić information content (AvgIpc) is 4.01. The van der Waals surface area contributed by atoms with Gasteiger partial charge >= 0.3 is 6.09 Å². The van der Waals surface area contributed by atoms with Crippen molar-refractivity contribution in [3.05, 3.63) is 77.7 Å². The number of hydrogen-bond acceptors (Lipinski definition) is 14. The van der Waals surface area contributed by atoms with Crippen LogP contribution in [0.2, 0.25) is 0 Å². The van der Waals surface area contributed by atoms with Gasteiger partial charge in [0.1, 0.15) is 12.1 Å². The van der Waals surface area contributed by atoms with Gasteiger partial charge in [-0.15, -0.1) is 11.3 Å². The first kappa shape index (κ1) is 47.4. The van der Waals surface area contributed by atoms with E-state index >= 15 is 0 Å². The van der Waals surface area contributed by atoms with Crippen LogP contribution in [0.25, 0.3) is 31.8 Å². The molecule has 0 unspecified atom stereocenters. The monoisotopic (exact) mass is 924 g/mol. The maximum Gasteiger partial charge on any atom is 0.414 e. The minimum Gasteiger partial charge on any atom is -0.446 e. The number of amides is 4. The highest BCUT2D eigenvalue weighted by Gasteiger charge is 2.44. The van der Waals surface area contributed by atoms with Crippen LogP contribution in [0.1, 0.15) is 52.3 Å². The summed E-state index contributed by atoms with van der Waals surface area (Å²) in [5.74, 6) is -0.976. The maximum atomic E-state index is 14.1. The number of pyridine rings is 1. The molecule has 65 heavy (non-hydrogen) atoms. The number of carbonyl (C=O) groups excluding carboxylic acids is 4. The summed E-state index contributed by atoms with van der Waals surface area (Å²) in [4.78, 5) is 75.5. The molecule has 2 aromatic carbocycles. The third kappa shape index (κ3) is 12.0. The van der Waals surface area contributed by atoms with E-state index in [0.717, 1.165) is 67.8 Å². The van der Waals surface area contributed by atoms with Crippen LogP contribution < -0.4 is 20.9 Å². The van der Waals surface area contributed by atoms with Crippen molar-refractivity contribution in [3.63, 3.8) is 0 Å². The zero-order chi connectivity index (χ0) is 46.4. The molecular formula is C47H60N10O6S2. The van der Waals surface area contributed by atoms with Gasteiger partial charge in [0, 0.05) is 77.6 Å². The summed E-state index contributed by atoms with van der Waals surface area (Å²) in [7, 11) is 1.67. The number of ether oxygens (including phenoxy) is 1. The molecule has 18 heteroatoms. The molecule has 0 bridgehead atoms. The minimum absolute atomic E-state index is 0.0184. The van der Waals surface area contributed by atoms with E-state index < -0.39 is 29.7 Å². The maximum absolute atomic E-state index is 14.1. The zero-order valence-electron chi connectivity index (χ0n) is 38.2. The third-order valence-corrected chi connectivity index (χ3v) is 13.6. The van der Waals surface area contributed by atoms with E-state index in [4.69, 9.17) is 9.72 Å². The number of anilines is 2. The highest BCUT2D eigenvalue weighted by atomic mass is 32.1. The largest absolute Gasteiger partial charge is 0.446 e. The number of aliphatic hydroxyl groups is 1. The van der Waals surface area contributed by atoms with Crippen LogP contribution >= 0.6 is 22.7 Å². The highest BCUT2D eigenvalue weighted by molar-refractivity contribution is 7.22. The van der Waals surface area contributed by atoms with E-state index in [2.05, 4.69) is 41.8 Å². The Morgan fingerprint density at radius 3 is 2.38 bits per heavy atom. The number of hydrogen-bond donors (Lipinski definition) is 4. The number of thiazole rings is 2. The molecule has 7 rings (SSSR count). The molecule has 16 nitrogen and oxygen atoms in total. The normalized spacial score (nSPS) is 17.6. The number of aryl methyl sites for hydroxylation is 1. The predicted octanol–water partition coefficient (Wildman–Crippen LogP) is 5.61. The van der Waals surface area contributed by atoms with Gasteiger partial charge in [-0.1, -0.05) is 62.4 Å². The molecule has 2 saturated heterocycles. The second-order valence-electron chi connectivity index (χ2n) is 18.1. The Kier molecular flexibility index (Phi) is 15.1. The molecule has 5 aromatic rings. The van der Waals surface area contributed by atoms with Gasteiger partial charge in [-0.25, -0.2) is 14.8 Å². The zero-order valence-corrected chi connectivity index (χ0v) is 39.8. The first-order valence-corrected chi connectivity index (χ1v) is 23.8. The molecule has 3 atom stereocenters. The number of fused-ring (bicyclic) bond motifs is 1. The second kappa shape index (κ2) is 20.8. The summed E-state index contributed by atoms with van der Waals surface area (Å²) in [6, 6.07) is 14.2. The van der Waals surface area contributed by atoms with Crippen LogP contribution in [0, 0.1) is 12.3 Å². The Morgan fingerprint density at radius 2 is 1.69 bits per heavy atom. The van der Waals surface area contributed by atoms with Gasteiger partial charge < -0.3 is 30.7 Å². The molecule has 5 heterocycles. The Balaban J connectivity index is 0.859. The van der Waals surface area contributed by atoms with Crippen molar-refractivity contribution in [1.29, 1.82) is 0 Å². The molecule has 346 valence electrons. The Labute approximate surface area is 388 Å². The molecule has 0 spiro atoms. The smallest absolute Gasteiger partial charge is 0.414 e. The molecule has 0 aliphatic carbocycles. The lowest BCUT2D eigenvalue weighted by Crippen LogP contribution is -2.59. The van der Waals surface area contributed by atoms with E-state index in [-0.39, 0.29) is 49.9 Å². The molecule has 2 aliphatic rings. The predicted molar refractivity (Wildman–Crippen MR) is 256 cm³/mol. The molecule has 0 saturated carbocycles. The van der Waals surface area contributed by atoms with Crippen molar-refractivity contribution in [3.8, 4) is 21.6 Å². The number of rotatable bonds is 15. The fourth-order valence-electron chi connectivity index (χ4n) is 8.02. The van der Waals surface area contributed by atoms with E-state index in [1.165, 1.54) is 9.80 Å². The van der Waals surface area contributed by atoms with Crippen molar-refractivity contribution < 1.29 is 29.0 Å². The molecule has 3 aromatic heterocycles. The fraction of sp³-hybridized carbons (Fsp3) is 0.468. The summed E-state index contributed by atoms with van der Waals surface area (Å²) in [5, 5.41) is 20.9.